The number of carbonyl (C=O) groups is 1. The third-order valence-corrected chi connectivity index (χ3v) is 7.99. The third kappa shape index (κ3) is 6.28. The van der Waals surface area contributed by atoms with Crippen LogP contribution in [0.1, 0.15) is 11.1 Å². The normalized spacial score (nSPS) is 11.1. The molecule has 0 fully saturated rings. The highest BCUT2D eigenvalue weighted by Crippen LogP contribution is 2.32. The third-order valence-electron chi connectivity index (χ3n) is 4.76. The molecule has 1 amide bonds. The number of hydrazone groups is 1. The van der Waals surface area contributed by atoms with Gasteiger partial charge in [0.1, 0.15) is 0 Å². The van der Waals surface area contributed by atoms with Crippen molar-refractivity contribution in [1.82, 2.24) is 15.6 Å². The lowest BCUT2D eigenvalue weighted by atomic mass is 10.1. The first-order chi connectivity index (χ1) is 16.7. The van der Waals surface area contributed by atoms with Crippen LogP contribution in [0.15, 0.2) is 74.4 Å². The molecule has 7 nitrogen and oxygen atoms in total. The maximum atomic E-state index is 12.1. The Labute approximate surface area is 210 Å². The lowest BCUT2D eigenvalue weighted by Gasteiger charge is -2.07. The zero-order chi connectivity index (χ0) is 23.8. The van der Waals surface area contributed by atoms with Gasteiger partial charge in [0.25, 0.3) is 5.91 Å². The monoisotopic (exact) mass is 510 g/mol. The molecule has 0 spiro atoms. The van der Waals surface area contributed by atoms with Gasteiger partial charge in [-0.25, -0.2) is 5.43 Å². The second-order valence-electron chi connectivity index (χ2n) is 6.96. The molecule has 0 radical (unpaired) electrons. The van der Waals surface area contributed by atoms with E-state index < -0.39 is 0 Å². The standard InChI is InChI=1S/C24H22N4O3S3/c1-30-20-11-10-16(12-21(20)31-2)13-25-26-22(29)15-33-24-28-27-23(34-24)32-14-18-8-5-7-17-6-3-4-9-19(17)18/h3-13H,14-15H2,1-2H3,(H,26,29). The summed E-state index contributed by atoms with van der Waals surface area (Å²) < 4.78 is 12.1. The summed E-state index contributed by atoms with van der Waals surface area (Å²) in [7, 11) is 3.15. The van der Waals surface area contributed by atoms with Crippen molar-refractivity contribution in [1.29, 1.82) is 0 Å². The Kier molecular flexibility index (Phi) is 8.40. The molecule has 4 rings (SSSR count). The maximum Gasteiger partial charge on any atom is 0.250 e. The van der Waals surface area contributed by atoms with Crippen molar-refractivity contribution in [2.24, 2.45) is 5.10 Å². The number of hydrogen-bond acceptors (Lipinski definition) is 9. The van der Waals surface area contributed by atoms with Crippen molar-refractivity contribution in [2.45, 2.75) is 14.4 Å². The van der Waals surface area contributed by atoms with Crippen LogP contribution in [-0.2, 0) is 10.5 Å². The second kappa shape index (κ2) is 11.9. The molecule has 0 aliphatic carbocycles. The number of carbonyl (C=O) groups excluding carboxylic acids is 1. The highest BCUT2D eigenvalue weighted by molar-refractivity contribution is 8.03. The molecule has 1 heterocycles. The van der Waals surface area contributed by atoms with Crippen molar-refractivity contribution >= 4 is 57.8 Å². The van der Waals surface area contributed by atoms with E-state index in [1.807, 2.05) is 12.1 Å². The van der Waals surface area contributed by atoms with E-state index in [0.717, 1.165) is 20.0 Å². The first-order valence-corrected chi connectivity index (χ1v) is 13.0. The molecule has 34 heavy (non-hydrogen) atoms. The van der Waals surface area contributed by atoms with Crippen LogP contribution in [0.25, 0.3) is 10.8 Å². The number of hydrogen-bond donors (Lipinski definition) is 1. The first kappa shape index (κ1) is 24.1. The molecule has 0 aliphatic rings. The lowest BCUT2D eigenvalue weighted by molar-refractivity contribution is -0.118. The minimum atomic E-state index is -0.220. The van der Waals surface area contributed by atoms with Crippen molar-refractivity contribution < 1.29 is 14.3 Å². The number of benzene rings is 3. The topological polar surface area (TPSA) is 85.7 Å². The Hall–Kier alpha value is -3.08. The summed E-state index contributed by atoms with van der Waals surface area (Å²) in [5.41, 5.74) is 4.57. The lowest BCUT2D eigenvalue weighted by Crippen LogP contribution is -2.19. The second-order valence-corrected chi connectivity index (χ2v) is 10.4. The summed E-state index contributed by atoms with van der Waals surface area (Å²) in [6.45, 7) is 0. The van der Waals surface area contributed by atoms with Crippen molar-refractivity contribution in [2.75, 3.05) is 20.0 Å². The van der Waals surface area contributed by atoms with Crippen molar-refractivity contribution in [3.63, 3.8) is 0 Å². The minimum Gasteiger partial charge on any atom is -0.493 e. The molecule has 1 aromatic heterocycles. The fourth-order valence-electron chi connectivity index (χ4n) is 3.14. The van der Waals surface area contributed by atoms with Crippen LogP contribution in [0, 0.1) is 0 Å². The summed E-state index contributed by atoms with van der Waals surface area (Å²) in [6.07, 6.45) is 1.55. The van der Waals surface area contributed by atoms with Crippen LogP contribution in [-0.4, -0.2) is 42.3 Å². The van der Waals surface area contributed by atoms with Gasteiger partial charge in [-0.15, -0.1) is 10.2 Å². The Bertz CT molecular complexity index is 1300. The van der Waals surface area contributed by atoms with Crippen LogP contribution in [0.2, 0.25) is 0 Å². The van der Waals surface area contributed by atoms with E-state index in [4.69, 9.17) is 9.47 Å². The Balaban J connectivity index is 1.25. The number of rotatable bonds is 10. The van der Waals surface area contributed by atoms with Crippen LogP contribution >= 0.6 is 34.9 Å². The summed E-state index contributed by atoms with van der Waals surface area (Å²) in [5.74, 6) is 2.02. The molecular formula is C24H22N4O3S3. The van der Waals surface area contributed by atoms with Crippen molar-refractivity contribution in [3.05, 3.63) is 71.8 Å². The van der Waals surface area contributed by atoms with Crippen LogP contribution in [0.5, 0.6) is 11.5 Å². The number of methoxy groups -OCH3 is 2. The van der Waals surface area contributed by atoms with Gasteiger partial charge in [0, 0.05) is 5.75 Å². The SMILES string of the molecule is COc1ccc(C=NNC(=O)CSc2nnc(SCc3cccc4ccccc34)s2)cc1OC. The van der Waals surface area contributed by atoms with Gasteiger partial charge in [0.2, 0.25) is 0 Å². The van der Waals surface area contributed by atoms with E-state index in [0.29, 0.717) is 11.5 Å². The van der Waals surface area contributed by atoms with E-state index >= 15 is 0 Å². The number of ether oxygens (including phenoxy) is 2. The van der Waals surface area contributed by atoms with Crippen LogP contribution in [0.3, 0.4) is 0 Å². The van der Waals surface area contributed by atoms with E-state index in [9.17, 15) is 4.79 Å². The van der Waals surface area contributed by atoms with Crippen molar-refractivity contribution in [3.8, 4) is 11.5 Å². The van der Waals surface area contributed by atoms with E-state index in [-0.39, 0.29) is 11.7 Å². The van der Waals surface area contributed by atoms with Gasteiger partial charge >= 0.3 is 0 Å². The zero-order valence-electron chi connectivity index (χ0n) is 18.6. The number of nitrogens with one attached hydrogen (secondary N) is 1. The highest BCUT2D eigenvalue weighted by atomic mass is 32.2. The molecule has 0 aliphatic heterocycles. The summed E-state index contributed by atoms with van der Waals surface area (Å²) in [6, 6.07) is 20.1. The Morgan fingerprint density at radius 1 is 1.00 bits per heavy atom. The minimum absolute atomic E-state index is 0.200. The predicted molar refractivity (Wildman–Crippen MR) is 139 cm³/mol. The van der Waals surface area contributed by atoms with Crippen LogP contribution in [0.4, 0.5) is 0 Å². The number of aromatic nitrogens is 2. The molecule has 0 unspecified atom stereocenters. The molecule has 0 atom stereocenters. The quantitative estimate of drug-likeness (QED) is 0.177. The van der Waals surface area contributed by atoms with Gasteiger partial charge in [0.15, 0.2) is 20.2 Å². The van der Waals surface area contributed by atoms with Gasteiger partial charge in [-0.2, -0.15) is 5.10 Å². The molecule has 0 saturated heterocycles. The number of nitrogens with zero attached hydrogens (tertiary/aromatic N) is 3. The highest BCUT2D eigenvalue weighted by Gasteiger charge is 2.10. The van der Waals surface area contributed by atoms with E-state index in [1.165, 1.54) is 39.4 Å². The smallest absolute Gasteiger partial charge is 0.250 e. The number of fused-ring (bicyclic) bond motifs is 1. The molecular weight excluding hydrogens is 488 g/mol. The number of amides is 1. The Morgan fingerprint density at radius 3 is 2.59 bits per heavy atom. The molecule has 3 aromatic carbocycles. The van der Waals surface area contributed by atoms with E-state index in [1.54, 1.807) is 44.3 Å². The molecule has 10 heteroatoms. The average Bonchev–Trinajstić information content (AvgIpc) is 3.34. The Morgan fingerprint density at radius 2 is 1.76 bits per heavy atom. The van der Waals surface area contributed by atoms with Gasteiger partial charge < -0.3 is 9.47 Å². The van der Waals surface area contributed by atoms with Gasteiger partial charge in [0.05, 0.1) is 26.2 Å². The predicted octanol–water partition coefficient (Wildman–Crippen LogP) is 5.24. The zero-order valence-corrected chi connectivity index (χ0v) is 21.0. The fourth-order valence-corrected chi connectivity index (χ4v) is 5.96. The molecule has 0 bridgehead atoms. The van der Waals surface area contributed by atoms with Crippen LogP contribution < -0.4 is 14.9 Å². The van der Waals surface area contributed by atoms with Gasteiger partial charge in [-0.05, 0) is 40.1 Å². The fraction of sp³-hybridized carbons (Fsp3) is 0.167. The maximum absolute atomic E-state index is 12.1. The van der Waals surface area contributed by atoms with Gasteiger partial charge in [-0.3, -0.25) is 4.79 Å². The molecule has 0 saturated carbocycles. The average molecular weight is 511 g/mol. The first-order valence-electron chi connectivity index (χ1n) is 10.3. The summed E-state index contributed by atoms with van der Waals surface area (Å²) >= 11 is 4.48. The molecule has 4 aromatic rings. The van der Waals surface area contributed by atoms with E-state index in [2.05, 4.69) is 57.1 Å². The summed E-state index contributed by atoms with van der Waals surface area (Å²) in [5, 5.41) is 14.9. The molecule has 174 valence electrons. The molecule has 1 N–H and O–H groups in total. The number of thioether (sulfide) groups is 2. The van der Waals surface area contributed by atoms with Gasteiger partial charge in [-0.1, -0.05) is 77.3 Å². The summed E-state index contributed by atoms with van der Waals surface area (Å²) in [4.78, 5) is 12.1. The largest absolute Gasteiger partial charge is 0.493 e.